The molecule has 1 aliphatic heterocycles. The Labute approximate surface area is 127 Å². The van der Waals surface area contributed by atoms with Crippen molar-refractivity contribution in [2.75, 3.05) is 5.32 Å². The van der Waals surface area contributed by atoms with E-state index in [4.69, 9.17) is 11.6 Å². The molecule has 2 aromatic carbocycles. The monoisotopic (exact) mass is 300 g/mol. The Kier molecular flexibility index (Phi) is 3.39. The van der Waals surface area contributed by atoms with Gasteiger partial charge in [-0.2, -0.15) is 0 Å². The van der Waals surface area contributed by atoms with Crippen molar-refractivity contribution in [3.8, 4) is 0 Å². The van der Waals surface area contributed by atoms with Gasteiger partial charge >= 0.3 is 0 Å². The molecule has 0 saturated carbocycles. The number of fused-ring (bicyclic) bond motifs is 1. The summed E-state index contributed by atoms with van der Waals surface area (Å²) in [7, 11) is 0. The highest BCUT2D eigenvalue weighted by Gasteiger charge is 2.26. The number of halogens is 1. The Bertz CT molecular complexity index is 756. The minimum atomic E-state index is -0.350. The number of imide groups is 1. The molecule has 1 heterocycles. The lowest BCUT2D eigenvalue weighted by molar-refractivity contribution is 0.0879. The molecule has 1 aliphatic rings. The van der Waals surface area contributed by atoms with E-state index in [0.717, 1.165) is 21.8 Å². The quantitative estimate of drug-likeness (QED) is 0.856. The first-order valence-electron chi connectivity index (χ1n) is 6.53. The largest absolute Gasteiger partial charge is 0.381 e. The van der Waals surface area contributed by atoms with Gasteiger partial charge in [0.25, 0.3) is 11.8 Å². The second-order valence-corrected chi connectivity index (χ2v) is 5.39. The average molecular weight is 301 g/mol. The van der Waals surface area contributed by atoms with Crippen LogP contribution in [0.4, 0.5) is 5.69 Å². The fourth-order valence-electron chi connectivity index (χ4n) is 2.23. The van der Waals surface area contributed by atoms with Gasteiger partial charge in [-0.1, -0.05) is 23.7 Å². The van der Waals surface area contributed by atoms with Crippen LogP contribution in [-0.4, -0.2) is 11.8 Å². The fraction of sp³-hybridized carbons (Fsp3) is 0.125. The van der Waals surface area contributed by atoms with Crippen LogP contribution in [-0.2, 0) is 6.54 Å². The topological polar surface area (TPSA) is 58.2 Å². The summed E-state index contributed by atoms with van der Waals surface area (Å²) >= 11 is 6.09. The predicted molar refractivity (Wildman–Crippen MR) is 81.8 cm³/mol. The van der Waals surface area contributed by atoms with E-state index in [0.29, 0.717) is 17.7 Å². The number of carbonyl (C=O) groups excluding carboxylic acids is 2. The summed E-state index contributed by atoms with van der Waals surface area (Å²) in [5.41, 5.74) is 3.70. The van der Waals surface area contributed by atoms with Crippen molar-refractivity contribution in [3.05, 3.63) is 63.7 Å². The molecule has 0 aliphatic carbocycles. The number of aryl methyl sites for hydroxylation is 1. The standard InChI is InChI=1S/C16H13ClN2O2/c1-9-2-3-10(6-14(9)17)8-18-11-4-5-12-13(7-11)16(21)19-15(12)20/h2-7,18H,8H2,1H3,(H,19,20,21). The summed E-state index contributed by atoms with van der Waals surface area (Å²) in [6, 6.07) is 11.0. The van der Waals surface area contributed by atoms with Crippen LogP contribution in [0.2, 0.25) is 5.02 Å². The lowest BCUT2D eigenvalue weighted by atomic mass is 10.1. The fourth-order valence-corrected chi connectivity index (χ4v) is 2.43. The summed E-state index contributed by atoms with van der Waals surface area (Å²) in [4.78, 5) is 23.1. The van der Waals surface area contributed by atoms with Crippen LogP contribution in [0.25, 0.3) is 0 Å². The Morgan fingerprint density at radius 3 is 2.57 bits per heavy atom. The van der Waals surface area contributed by atoms with E-state index in [9.17, 15) is 9.59 Å². The summed E-state index contributed by atoms with van der Waals surface area (Å²) < 4.78 is 0. The Balaban J connectivity index is 1.77. The second kappa shape index (κ2) is 5.22. The van der Waals surface area contributed by atoms with Gasteiger partial charge in [-0.15, -0.1) is 0 Å². The molecule has 5 heteroatoms. The highest BCUT2D eigenvalue weighted by molar-refractivity contribution is 6.31. The minimum Gasteiger partial charge on any atom is -0.381 e. The third-order valence-corrected chi connectivity index (χ3v) is 3.88. The van der Waals surface area contributed by atoms with E-state index in [1.807, 2.05) is 25.1 Å². The van der Waals surface area contributed by atoms with Crippen molar-refractivity contribution in [3.63, 3.8) is 0 Å². The molecule has 0 unspecified atom stereocenters. The van der Waals surface area contributed by atoms with Gasteiger partial charge in [0.2, 0.25) is 0 Å². The number of nitrogens with one attached hydrogen (secondary N) is 2. The number of hydrogen-bond acceptors (Lipinski definition) is 3. The van der Waals surface area contributed by atoms with Gasteiger partial charge in [0.1, 0.15) is 0 Å². The van der Waals surface area contributed by atoms with Crippen molar-refractivity contribution >= 4 is 29.1 Å². The van der Waals surface area contributed by atoms with Crippen LogP contribution in [0.1, 0.15) is 31.8 Å². The number of carbonyl (C=O) groups is 2. The first-order chi connectivity index (χ1) is 10.0. The van der Waals surface area contributed by atoms with Crippen LogP contribution in [0.15, 0.2) is 36.4 Å². The van der Waals surface area contributed by atoms with Gasteiger partial charge in [0.15, 0.2) is 0 Å². The van der Waals surface area contributed by atoms with Gasteiger partial charge in [-0.25, -0.2) is 0 Å². The Hall–Kier alpha value is -2.33. The summed E-state index contributed by atoms with van der Waals surface area (Å²) in [6.07, 6.45) is 0. The number of hydrogen-bond donors (Lipinski definition) is 2. The molecular weight excluding hydrogens is 288 g/mol. The van der Waals surface area contributed by atoms with Gasteiger partial charge in [-0.05, 0) is 42.3 Å². The molecule has 3 rings (SSSR count). The lowest BCUT2D eigenvalue weighted by Gasteiger charge is -2.08. The van der Waals surface area contributed by atoms with E-state index in [1.165, 1.54) is 0 Å². The van der Waals surface area contributed by atoms with Crippen LogP contribution in [0, 0.1) is 6.92 Å². The molecule has 4 nitrogen and oxygen atoms in total. The van der Waals surface area contributed by atoms with Crippen LogP contribution >= 0.6 is 11.6 Å². The molecule has 0 fully saturated rings. The van der Waals surface area contributed by atoms with E-state index < -0.39 is 0 Å². The molecule has 106 valence electrons. The number of rotatable bonds is 3. The third-order valence-electron chi connectivity index (χ3n) is 3.47. The van der Waals surface area contributed by atoms with Crippen LogP contribution in [0.3, 0.4) is 0 Å². The predicted octanol–water partition coefficient (Wildman–Crippen LogP) is 3.14. The van der Waals surface area contributed by atoms with Crippen molar-refractivity contribution in [2.45, 2.75) is 13.5 Å². The molecule has 0 spiro atoms. The molecule has 0 radical (unpaired) electrons. The molecule has 2 aromatic rings. The first-order valence-corrected chi connectivity index (χ1v) is 6.91. The maximum atomic E-state index is 11.6. The van der Waals surface area contributed by atoms with Gasteiger partial charge in [0, 0.05) is 17.3 Å². The van der Waals surface area contributed by atoms with Crippen molar-refractivity contribution in [1.29, 1.82) is 0 Å². The molecule has 21 heavy (non-hydrogen) atoms. The van der Waals surface area contributed by atoms with E-state index in [2.05, 4.69) is 10.6 Å². The number of anilines is 1. The zero-order chi connectivity index (χ0) is 15.0. The Morgan fingerprint density at radius 2 is 1.81 bits per heavy atom. The first kappa shape index (κ1) is 13.6. The molecular formula is C16H13ClN2O2. The molecule has 0 aromatic heterocycles. The molecule has 2 amide bonds. The van der Waals surface area contributed by atoms with Crippen molar-refractivity contribution < 1.29 is 9.59 Å². The molecule has 0 saturated heterocycles. The lowest BCUT2D eigenvalue weighted by Crippen LogP contribution is -2.19. The Morgan fingerprint density at radius 1 is 1.05 bits per heavy atom. The third kappa shape index (κ3) is 2.62. The molecule has 0 bridgehead atoms. The van der Waals surface area contributed by atoms with Crippen LogP contribution < -0.4 is 10.6 Å². The van der Waals surface area contributed by atoms with E-state index >= 15 is 0 Å². The molecule has 0 atom stereocenters. The SMILES string of the molecule is Cc1ccc(CNc2ccc3c(c2)C(=O)NC3=O)cc1Cl. The maximum Gasteiger partial charge on any atom is 0.259 e. The zero-order valence-electron chi connectivity index (χ0n) is 11.4. The van der Waals surface area contributed by atoms with Crippen molar-refractivity contribution in [1.82, 2.24) is 5.32 Å². The number of amides is 2. The second-order valence-electron chi connectivity index (χ2n) is 4.98. The summed E-state index contributed by atoms with van der Waals surface area (Å²) in [6.45, 7) is 2.55. The smallest absolute Gasteiger partial charge is 0.259 e. The van der Waals surface area contributed by atoms with Crippen LogP contribution in [0.5, 0.6) is 0 Å². The van der Waals surface area contributed by atoms with E-state index in [-0.39, 0.29) is 11.8 Å². The summed E-state index contributed by atoms with van der Waals surface area (Å²) in [5, 5.41) is 6.23. The highest BCUT2D eigenvalue weighted by atomic mass is 35.5. The van der Waals surface area contributed by atoms with Gasteiger partial charge < -0.3 is 5.32 Å². The van der Waals surface area contributed by atoms with Gasteiger partial charge in [-0.3, -0.25) is 14.9 Å². The summed E-state index contributed by atoms with van der Waals surface area (Å²) in [5.74, 6) is -0.691. The van der Waals surface area contributed by atoms with Crippen molar-refractivity contribution in [2.24, 2.45) is 0 Å². The minimum absolute atomic E-state index is 0.341. The zero-order valence-corrected chi connectivity index (χ0v) is 12.1. The van der Waals surface area contributed by atoms with Gasteiger partial charge in [0.05, 0.1) is 11.1 Å². The number of benzene rings is 2. The average Bonchev–Trinajstić information content (AvgIpc) is 2.75. The van der Waals surface area contributed by atoms with E-state index in [1.54, 1.807) is 18.2 Å². The normalized spacial score (nSPS) is 13.0. The molecule has 2 N–H and O–H groups in total. The maximum absolute atomic E-state index is 11.6. The highest BCUT2D eigenvalue weighted by Crippen LogP contribution is 2.22.